The second-order valence-corrected chi connectivity index (χ2v) is 8.31. The Morgan fingerprint density at radius 3 is 2.58 bits per heavy atom. The average Bonchev–Trinajstić information content (AvgIpc) is 2.58. The third kappa shape index (κ3) is 3.13. The number of likely N-dealkylation sites (N-methyl/N-ethyl adjacent to an activating group) is 1. The maximum atomic E-state index is 13.2. The first-order valence-electron chi connectivity index (χ1n) is 9.82. The van der Waals surface area contributed by atoms with Crippen molar-refractivity contribution in [2.75, 3.05) is 52.9 Å². The number of nitrogens with zero attached hydrogens (tertiary/aromatic N) is 4. The van der Waals surface area contributed by atoms with Crippen LogP contribution in [0.15, 0.2) is 24.3 Å². The number of carbonyl (C=O) groups is 1. The summed E-state index contributed by atoms with van der Waals surface area (Å²) >= 11 is 0. The first-order chi connectivity index (χ1) is 12.6. The number of benzene rings is 1. The van der Waals surface area contributed by atoms with Crippen LogP contribution in [-0.4, -0.2) is 73.5 Å². The van der Waals surface area contributed by atoms with Crippen molar-refractivity contribution in [1.29, 1.82) is 5.26 Å². The summed E-state index contributed by atoms with van der Waals surface area (Å²) in [6.45, 7) is 7.49. The molecule has 138 valence electrons. The molecule has 5 heteroatoms. The Morgan fingerprint density at radius 2 is 1.96 bits per heavy atom. The second kappa shape index (κ2) is 7.02. The Labute approximate surface area is 156 Å². The largest absolute Gasteiger partial charge is 0.341 e. The molecule has 1 amide bonds. The summed E-state index contributed by atoms with van der Waals surface area (Å²) in [5.41, 5.74) is 1.32. The third-order valence-electron chi connectivity index (χ3n) is 6.52. The molecule has 2 heterocycles. The third-order valence-corrected chi connectivity index (χ3v) is 6.52. The predicted molar refractivity (Wildman–Crippen MR) is 101 cm³/mol. The molecule has 5 nitrogen and oxygen atoms in total. The SMILES string of the molecule is CN1CCN(CC2CN(C(=O)C3(c4cccc(C#N)c4)CCC3)C2)CC1. The Kier molecular flexibility index (Phi) is 4.73. The van der Waals surface area contributed by atoms with Crippen molar-refractivity contribution in [1.82, 2.24) is 14.7 Å². The summed E-state index contributed by atoms with van der Waals surface area (Å²) in [5.74, 6) is 0.901. The van der Waals surface area contributed by atoms with Crippen molar-refractivity contribution in [3.63, 3.8) is 0 Å². The number of amides is 1. The van der Waals surface area contributed by atoms with Crippen LogP contribution < -0.4 is 0 Å². The molecule has 0 atom stereocenters. The number of likely N-dealkylation sites (tertiary alicyclic amines) is 1. The van der Waals surface area contributed by atoms with E-state index in [9.17, 15) is 10.1 Å². The molecule has 0 spiro atoms. The monoisotopic (exact) mass is 352 g/mol. The van der Waals surface area contributed by atoms with E-state index in [4.69, 9.17) is 0 Å². The Hall–Kier alpha value is -1.90. The lowest BCUT2D eigenvalue weighted by molar-refractivity contribution is -0.148. The number of nitriles is 1. The Bertz CT molecular complexity index is 707. The van der Waals surface area contributed by atoms with Crippen LogP contribution in [0.25, 0.3) is 0 Å². The summed E-state index contributed by atoms with van der Waals surface area (Å²) < 4.78 is 0. The lowest BCUT2D eigenvalue weighted by Crippen LogP contribution is -2.61. The fourth-order valence-corrected chi connectivity index (χ4v) is 4.59. The van der Waals surface area contributed by atoms with E-state index < -0.39 is 0 Å². The van der Waals surface area contributed by atoms with Crippen LogP contribution in [0.5, 0.6) is 0 Å². The highest BCUT2D eigenvalue weighted by Gasteiger charge is 2.50. The maximum absolute atomic E-state index is 13.2. The molecule has 2 aliphatic heterocycles. The van der Waals surface area contributed by atoms with Gasteiger partial charge in [0.25, 0.3) is 0 Å². The zero-order valence-electron chi connectivity index (χ0n) is 15.7. The molecule has 1 saturated carbocycles. The van der Waals surface area contributed by atoms with E-state index in [2.05, 4.69) is 27.8 Å². The number of hydrogen-bond donors (Lipinski definition) is 0. The lowest BCUT2D eigenvalue weighted by Gasteiger charge is -2.50. The lowest BCUT2D eigenvalue weighted by atomic mass is 9.63. The van der Waals surface area contributed by atoms with E-state index in [0.717, 1.165) is 70.6 Å². The Balaban J connectivity index is 1.36. The quantitative estimate of drug-likeness (QED) is 0.827. The predicted octanol–water partition coefficient (Wildman–Crippen LogP) is 1.69. The van der Waals surface area contributed by atoms with Gasteiger partial charge in [0, 0.05) is 51.7 Å². The number of rotatable bonds is 4. The van der Waals surface area contributed by atoms with Crippen LogP contribution in [0, 0.1) is 17.2 Å². The van der Waals surface area contributed by atoms with Gasteiger partial charge in [-0.1, -0.05) is 18.6 Å². The molecule has 1 aliphatic carbocycles. The minimum atomic E-state index is -0.369. The smallest absolute Gasteiger partial charge is 0.233 e. The van der Waals surface area contributed by atoms with Crippen LogP contribution in [0.2, 0.25) is 0 Å². The highest BCUT2D eigenvalue weighted by Crippen LogP contribution is 2.46. The van der Waals surface area contributed by atoms with E-state index in [-0.39, 0.29) is 11.3 Å². The standard InChI is InChI=1S/C21H28N4O/c1-23-8-10-24(11-9-23)14-18-15-25(16-18)20(26)21(6-3-7-21)19-5-2-4-17(12-19)13-22/h2,4-5,12,18H,3,6-11,14-16H2,1H3. The Morgan fingerprint density at radius 1 is 1.23 bits per heavy atom. The van der Waals surface area contributed by atoms with Crippen molar-refractivity contribution in [3.8, 4) is 6.07 Å². The van der Waals surface area contributed by atoms with Gasteiger partial charge in [-0.25, -0.2) is 0 Å². The van der Waals surface area contributed by atoms with Gasteiger partial charge in [0.05, 0.1) is 17.0 Å². The topological polar surface area (TPSA) is 50.6 Å². The molecule has 3 fully saturated rings. The van der Waals surface area contributed by atoms with Crippen LogP contribution in [0.4, 0.5) is 0 Å². The van der Waals surface area contributed by atoms with Crippen molar-refractivity contribution in [2.24, 2.45) is 5.92 Å². The van der Waals surface area contributed by atoms with Gasteiger partial charge in [0.1, 0.15) is 0 Å². The molecule has 2 saturated heterocycles. The van der Waals surface area contributed by atoms with Crippen LogP contribution in [0.3, 0.4) is 0 Å². The van der Waals surface area contributed by atoms with E-state index in [1.54, 1.807) is 0 Å². The number of piperazine rings is 1. The van der Waals surface area contributed by atoms with Crippen molar-refractivity contribution >= 4 is 5.91 Å². The van der Waals surface area contributed by atoms with Crippen LogP contribution in [-0.2, 0) is 10.2 Å². The summed E-state index contributed by atoms with van der Waals surface area (Å²) in [6.07, 6.45) is 2.93. The van der Waals surface area contributed by atoms with Gasteiger partial charge in [-0.15, -0.1) is 0 Å². The number of carbonyl (C=O) groups excluding carboxylic acids is 1. The molecule has 3 aliphatic rings. The molecule has 0 aromatic heterocycles. The summed E-state index contributed by atoms with van der Waals surface area (Å²) in [5, 5.41) is 9.18. The normalized spacial score (nSPS) is 23.8. The van der Waals surface area contributed by atoms with Gasteiger partial charge >= 0.3 is 0 Å². The first kappa shape index (κ1) is 17.5. The minimum absolute atomic E-state index is 0.286. The molecular formula is C21H28N4O. The van der Waals surface area contributed by atoms with Gasteiger partial charge in [-0.2, -0.15) is 5.26 Å². The molecule has 26 heavy (non-hydrogen) atoms. The highest BCUT2D eigenvalue weighted by molar-refractivity contribution is 5.90. The minimum Gasteiger partial charge on any atom is -0.341 e. The zero-order valence-corrected chi connectivity index (χ0v) is 15.7. The molecule has 0 radical (unpaired) electrons. The van der Waals surface area contributed by atoms with E-state index >= 15 is 0 Å². The second-order valence-electron chi connectivity index (χ2n) is 8.31. The van der Waals surface area contributed by atoms with Gasteiger partial charge in [0.15, 0.2) is 0 Å². The van der Waals surface area contributed by atoms with Crippen molar-refractivity contribution < 1.29 is 4.79 Å². The summed E-state index contributed by atoms with van der Waals surface area (Å²) in [7, 11) is 2.18. The molecule has 0 bridgehead atoms. The summed E-state index contributed by atoms with van der Waals surface area (Å²) in [4.78, 5) is 20.2. The highest BCUT2D eigenvalue weighted by atomic mass is 16.2. The van der Waals surface area contributed by atoms with Crippen LogP contribution >= 0.6 is 0 Å². The van der Waals surface area contributed by atoms with Gasteiger partial charge < -0.3 is 14.7 Å². The first-order valence-corrected chi connectivity index (χ1v) is 9.82. The molecule has 0 N–H and O–H groups in total. The molecule has 4 rings (SSSR count). The fraction of sp³-hybridized carbons (Fsp3) is 0.619. The fourth-order valence-electron chi connectivity index (χ4n) is 4.59. The summed E-state index contributed by atoms with van der Waals surface area (Å²) in [6, 6.07) is 9.87. The number of hydrogen-bond acceptors (Lipinski definition) is 4. The average molecular weight is 352 g/mol. The van der Waals surface area contributed by atoms with Gasteiger partial charge in [0.2, 0.25) is 5.91 Å². The molecule has 1 aromatic carbocycles. The van der Waals surface area contributed by atoms with Gasteiger partial charge in [-0.05, 0) is 37.6 Å². The van der Waals surface area contributed by atoms with E-state index in [0.29, 0.717) is 11.5 Å². The molecule has 1 aromatic rings. The zero-order chi connectivity index (χ0) is 18.1. The molecule has 0 unspecified atom stereocenters. The van der Waals surface area contributed by atoms with E-state index in [1.165, 1.54) is 0 Å². The van der Waals surface area contributed by atoms with Crippen LogP contribution in [0.1, 0.15) is 30.4 Å². The van der Waals surface area contributed by atoms with E-state index in [1.807, 2.05) is 24.3 Å². The van der Waals surface area contributed by atoms with Crippen molar-refractivity contribution in [2.45, 2.75) is 24.7 Å². The van der Waals surface area contributed by atoms with Gasteiger partial charge in [-0.3, -0.25) is 4.79 Å². The van der Waals surface area contributed by atoms with Crippen molar-refractivity contribution in [3.05, 3.63) is 35.4 Å². The maximum Gasteiger partial charge on any atom is 0.233 e. The molecular weight excluding hydrogens is 324 g/mol.